The number of carbonyl (C=O) groups excluding carboxylic acids is 1. The topological polar surface area (TPSA) is 43.1 Å². The molecular formula is C16H17NO. The molecule has 0 aliphatic carbocycles. The molecule has 0 aliphatic heterocycles. The predicted octanol–water partition coefficient (Wildman–Crippen LogP) is 3.43. The number of ketones is 1. The number of carbonyl (C=O) groups is 1. The number of hydrogen-bond donors (Lipinski definition) is 1. The summed E-state index contributed by atoms with van der Waals surface area (Å²) in [4.78, 5) is 12.6. The Morgan fingerprint density at radius 3 is 2.39 bits per heavy atom. The molecule has 0 atom stereocenters. The molecule has 2 rings (SSSR count). The largest absolute Gasteiger partial charge is 0.398 e. The summed E-state index contributed by atoms with van der Waals surface area (Å²) in [7, 11) is 0. The van der Waals surface area contributed by atoms with Crippen LogP contribution in [0.15, 0.2) is 36.4 Å². The second kappa shape index (κ2) is 4.65. The van der Waals surface area contributed by atoms with Gasteiger partial charge in [-0.25, -0.2) is 0 Å². The molecule has 0 heterocycles. The van der Waals surface area contributed by atoms with Gasteiger partial charge >= 0.3 is 0 Å². The molecule has 0 unspecified atom stereocenters. The van der Waals surface area contributed by atoms with Crippen LogP contribution in [0.2, 0.25) is 0 Å². The molecule has 92 valence electrons. The van der Waals surface area contributed by atoms with E-state index in [4.69, 9.17) is 5.73 Å². The number of anilines is 1. The molecule has 0 amide bonds. The Bertz CT molecular complexity index is 594. The van der Waals surface area contributed by atoms with Crippen molar-refractivity contribution in [3.05, 3.63) is 64.2 Å². The fourth-order valence-corrected chi connectivity index (χ4v) is 2.12. The first-order valence-electron chi connectivity index (χ1n) is 5.97. The van der Waals surface area contributed by atoms with E-state index in [0.29, 0.717) is 11.3 Å². The molecule has 0 saturated carbocycles. The summed E-state index contributed by atoms with van der Waals surface area (Å²) >= 11 is 0. The van der Waals surface area contributed by atoms with Gasteiger partial charge in [-0.1, -0.05) is 29.8 Å². The lowest BCUT2D eigenvalue weighted by Crippen LogP contribution is -2.09. The van der Waals surface area contributed by atoms with Gasteiger partial charge in [-0.3, -0.25) is 4.79 Å². The molecule has 18 heavy (non-hydrogen) atoms. The van der Waals surface area contributed by atoms with Gasteiger partial charge in [-0.15, -0.1) is 0 Å². The van der Waals surface area contributed by atoms with Crippen molar-refractivity contribution in [3.8, 4) is 0 Å². The second-order valence-electron chi connectivity index (χ2n) is 4.69. The number of aryl methyl sites for hydroxylation is 3. The van der Waals surface area contributed by atoms with Gasteiger partial charge in [0.1, 0.15) is 0 Å². The van der Waals surface area contributed by atoms with Crippen LogP contribution in [0.4, 0.5) is 5.69 Å². The maximum absolute atomic E-state index is 12.6. The standard InChI is InChI=1S/C16H17NO/c1-10-7-8-11(2)13(9-10)16(18)15-12(3)5-4-6-14(15)17/h4-9H,17H2,1-3H3. The summed E-state index contributed by atoms with van der Waals surface area (Å²) in [6.45, 7) is 5.84. The van der Waals surface area contributed by atoms with Crippen molar-refractivity contribution >= 4 is 11.5 Å². The van der Waals surface area contributed by atoms with Crippen molar-refractivity contribution in [1.82, 2.24) is 0 Å². The summed E-state index contributed by atoms with van der Waals surface area (Å²) < 4.78 is 0. The monoisotopic (exact) mass is 239 g/mol. The van der Waals surface area contributed by atoms with Gasteiger partial charge in [0.2, 0.25) is 0 Å². The molecule has 0 aromatic heterocycles. The average molecular weight is 239 g/mol. The molecule has 0 saturated heterocycles. The minimum absolute atomic E-state index is 0.00630. The van der Waals surface area contributed by atoms with Crippen molar-refractivity contribution in [1.29, 1.82) is 0 Å². The molecule has 0 bridgehead atoms. The van der Waals surface area contributed by atoms with Gasteiger partial charge in [0.15, 0.2) is 5.78 Å². The maximum Gasteiger partial charge on any atom is 0.195 e. The Morgan fingerprint density at radius 1 is 1.00 bits per heavy atom. The van der Waals surface area contributed by atoms with Crippen LogP contribution >= 0.6 is 0 Å². The van der Waals surface area contributed by atoms with Crippen LogP contribution in [0.1, 0.15) is 32.6 Å². The second-order valence-corrected chi connectivity index (χ2v) is 4.69. The Hall–Kier alpha value is -2.09. The van der Waals surface area contributed by atoms with Gasteiger partial charge in [0.05, 0.1) is 0 Å². The quantitative estimate of drug-likeness (QED) is 0.644. The molecule has 0 aliphatic rings. The molecule has 2 aromatic carbocycles. The Labute approximate surface area is 107 Å². The lowest BCUT2D eigenvalue weighted by atomic mass is 9.94. The van der Waals surface area contributed by atoms with E-state index in [2.05, 4.69) is 0 Å². The first-order chi connectivity index (χ1) is 8.50. The highest BCUT2D eigenvalue weighted by molar-refractivity contribution is 6.13. The molecule has 0 radical (unpaired) electrons. The van der Waals surface area contributed by atoms with E-state index in [1.807, 2.05) is 51.1 Å². The van der Waals surface area contributed by atoms with E-state index in [0.717, 1.165) is 22.3 Å². The third-order valence-corrected chi connectivity index (χ3v) is 3.17. The fourth-order valence-electron chi connectivity index (χ4n) is 2.12. The third kappa shape index (κ3) is 2.14. The Balaban J connectivity index is 2.58. The van der Waals surface area contributed by atoms with Crippen molar-refractivity contribution in [3.63, 3.8) is 0 Å². The van der Waals surface area contributed by atoms with E-state index in [-0.39, 0.29) is 5.78 Å². The minimum Gasteiger partial charge on any atom is -0.398 e. The van der Waals surface area contributed by atoms with Crippen LogP contribution in [0, 0.1) is 20.8 Å². The lowest BCUT2D eigenvalue weighted by molar-refractivity contribution is 0.103. The zero-order valence-electron chi connectivity index (χ0n) is 10.9. The Morgan fingerprint density at radius 2 is 1.72 bits per heavy atom. The van der Waals surface area contributed by atoms with E-state index < -0.39 is 0 Å². The van der Waals surface area contributed by atoms with E-state index in [9.17, 15) is 4.79 Å². The van der Waals surface area contributed by atoms with E-state index in [1.54, 1.807) is 6.07 Å². The smallest absolute Gasteiger partial charge is 0.195 e. The molecular weight excluding hydrogens is 222 g/mol. The molecule has 2 N–H and O–H groups in total. The Kier molecular flexibility index (Phi) is 3.19. The van der Waals surface area contributed by atoms with Crippen molar-refractivity contribution in [2.75, 3.05) is 5.73 Å². The lowest BCUT2D eigenvalue weighted by Gasteiger charge is -2.11. The van der Waals surface area contributed by atoms with Gasteiger partial charge in [0, 0.05) is 16.8 Å². The number of benzene rings is 2. The van der Waals surface area contributed by atoms with Crippen LogP contribution in [0.5, 0.6) is 0 Å². The van der Waals surface area contributed by atoms with Crippen LogP contribution in [-0.4, -0.2) is 5.78 Å². The van der Waals surface area contributed by atoms with Crippen LogP contribution in [0.3, 0.4) is 0 Å². The normalized spacial score (nSPS) is 10.4. The summed E-state index contributed by atoms with van der Waals surface area (Å²) in [6.07, 6.45) is 0. The predicted molar refractivity (Wildman–Crippen MR) is 74.9 cm³/mol. The van der Waals surface area contributed by atoms with Crippen molar-refractivity contribution in [2.24, 2.45) is 0 Å². The first-order valence-corrected chi connectivity index (χ1v) is 5.97. The van der Waals surface area contributed by atoms with Gasteiger partial charge in [-0.05, 0) is 44.0 Å². The number of nitrogen functional groups attached to an aromatic ring is 1. The molecule has 2 heteroatoms. The highest BCUT2D eigenvalue weighted by Crippen LogP contribution is 2.22. The molecule has 2 nitrogen and oxygen atoms in total. The van der Waals surface area contributed by atoms with Crippen molar-refractivity contribution in [2.45, 2.75) is 20.8 Å². The van der Waals surface area contributed by atoms with E-state index in [1.165, 1.54) is 0 Å². The van der Waals surface area contributed by atoms with Crippen molar-refractivity contribution < 1.29 is 4.79 Å². The molecule has 0 spiro atoms. The highest BCUT2D eigenvalue weighted by atomic mass is 16.1. The number of hydrogen-bond acceptors (Lipinski definition) is 2. The van der Waals surface area contributed by atoms with Gasteiger partial charge < -0.3 is 5.73 Å². The summed E-state index contributed by atoms with van der Waals surface area (Å²) in [5, 5.41) is 0. The van der Waals surface area contributed by atoms with E-state index >= 15 is 0 Å². The van der Waals surface area contributed by atoms with Gasteiger partial charge in [0.25, 0.3) is 0 Å². The number of rotatable bonds is 2. The van der Waals surface area contributed by atoms with Crippen LogP contribution in [0.25, 0.3) is 0 Å². The van der Waals surface area contributed by atoms with Crippen LogP contribution < -0.4 is 5.73 Å². The highest BCUT2D eigenvalue weighted by Gasteiger charge is 2.16. The summed E-state index contributed by atoms with van der Waals surface area (Å²) in [5.41, 5.74) is 10.8. The first kappa shape index (κ1) is 12.4. The minimum atomic E-state index is 0.00630. The maximum atomic E-state index is 12.6. The summed E-state index contributed by atoms with van der Waals surface area (Å²) in [6, 6.07) is 11.4. The zero-order valence-corrected chi connectivity index (χ0v) is 10.9. The fraction of sp³-hybridized carbons (Fsp3) is 0.188. The zero-order chi connectivity index (χ0) is 13.3. The van der Waals surface area contributed by atoms with Crippen LogP contribution in [-0.2, 0) is 0 Å². The summed E-state index contributed by atoms with van der Waals surface area (Å²) in [5.74, 6) is 0.00630. The average Bonchev–Trinajstić information content (AvgIpc) is 2.32. The SMILES string of the molecule is Cc1ccc(C)c(C(=O)c2c(C)cccc2N)c1. The third-order valence-electron chi connectivity index (χ3n) is 3.17. The van der Waals surface area contributed by atoms with Gasteiger partial charge in [-0.2, -0.15) is 0 Å². The number of nitrogens with two attached hydrogens (primary N) is 1. The molecule has 0 fully saturated rings. The molecule has 2 aromatic rings.